The van der Waals surface area contributed by atoms with E-state index >= 15 is 0 Å². The molecule has 0 aliphatic heterocycles. The van der Waals surface area contributed by atoms with Crippen molar-refractivity contribution in [3.8, 4) is 11.1 Å². The van der Waals surface area contributed by atoms with E-state index in [4.69, 9.17) is 0 Å². The number of para-hydroxylation sites is 1. The lowest BCUT2D eigenvalue weighted by molar-refractivity contribution is -0.111. The predicted molar refractivity (Wildman–Crippen MR) is 85.1 cm³/mol. The number of benzene rings is 1. The number of rotatable bonds is 3. The van der Waals surface area contributed by atoms with E-state index in [0.29, 0.717) is 0 Å². The largest absolute Gasteiger partial charge is 0.346 e. The smallest absolute Gasteiger partial charge is 0.247 e. The van der Waals surface area contributed by atoms with E-state index in [1.165, 1.54) is 6.08 Å². The number of hydrogen-bond acceptors (Lipinski definition) is 2. The fourth-order valence-electron chi connectivity index (χ4n) is 2.31. The number of carbonyl (C=O) groups is 1. The quantitative estimate of drug-likeness (QED) is 0.718. The van der Waals surface area contributed by atoms with Gasteiger partial charge in [-0.2, -0.15) is 0 Å². The minimum absolute atomic E-state index is 0.227. The highest BCUT2D eigenvalue weighted by atomic mass is 16.1. The van der Waals surface area contributed by atoms with Gasteiger partial charge in [-0.25, -0.2) is 4.98 Å². The van der Waals surface area contributed by atoms with Gasteiger partial charge in [0.2, 0.25) is 5.91 Å². The van der Waals surface area contributed by atoms with Crippen LogP contribution in [0.15, 0.2) is 55.4 Å². The van der Waals surface area contributed by atoms with E-state index in [0.717, 1.165) is 33.4 Å². The second kappa shape index (κ2) is 5.25. The summed E-state index contributed by atoms with van der Waals surface area (Å²) in [5.74, 6) is -0.227. The highest BCUT2D eigenvalue weighted by Gasteiger charge is 2.09. The number of H-pyrrole nitrogens is 1. The summed E-state index contributed by atoms with van der Waals surface area (Å²) in [7, 11) is 0. The van der Waals surface area contributed by atoms with Gasteiger partial charge in [0, 0.05) is 34.6 Å². The third-order valence-electron chi connectivity index (χ3n) is 3.42. The number of aryl methyl sites for hydroxylation is 1. The molecule has 1 aromatic carbocycles. The predicted octanol–water partition coefficient (Wildman–Crippen LogP) is 3.66. The highest BCUT2D eigenvalue weighted by Crippen LogP contribution is 2.30. The molecule has 2 aromatic heterocycles. The Morgan fingerprint density at radius 2 is 2.19 bits per heavy atom. The van der Waals surface area contributed by atoms with E-state index in [2.05, 4.69) is 27.9 Å². The van der Waals surface area contributed by atoms with Crippen molar-refractivity contribution in [2.45, 2.75) is 6.92 Å². The lowest BCUT2D eigenvalue weighted by Crippen LogP contribution is -2.08. The number of nitrogens with zero attached hydrogens (tertiary/aromatic N) is 1. The fraction of sp³-hybridized carbons (Fsp3) is 0.0588. The zero-order valence-corrected chi connectivity index (χ0v) is 11.7. The molecule has 0 saturated heterocycles. The molecule has 0 atom stereocenters. The van der Waals surface area contributed by atoms with E-state index in [1.54, 1.807) is 6.20 Å². The minimum atomic E-state index is -0.227. The zero-order valence-electron chi connectivity index (χ0n) is 11.7. The SMILES string of the molecule is C=CC(=O)Nc1ccccc1-c1cnc2[nH]cc(C)c2c1. The van der Waals surface area contributed by atoms with E-state index in [-0.39, 0.29) is 5.91 Å². The van der Waals surface area contributed by atoms with Crippen LogP contribution in [-0.2, 0) is 4.79 Å². The molecule has 0 radical (unpaired) electrons. The topological polar surface area (TPSA) is 57.8 Å². The molecule has 0 saturated carbocycles. The number of aromatic nitrogens is 2. The summed E-state index contributed by atoms with van der Waals surface area (Å²) in [4.78, 5) is 19.1. The summed E-state index contributed by atoms with van der Waals surface area (Å²) < 4.78 is 0. The molecule has 1 amide bonds. The molecule has 2 heterocycles. The Morgan fingerprint density at radius 1 is 1.38 bits per heavy atom. The third-order valence-corrected chi connectivity index (χ3v) is 3.42. The molecule has 0 aliphatic carbocycles. The molecule has 21 heavy (non-hydrogen) atoms. The molecule has 4 nitrogen and oxygen atoms in total. The van der Waals surface area contributed by atoms with Crippen LogP contribution in [0.1, 0.15) is 5.56 Å². The molecule has 2 N–H and O–H groups in total. The highest BCUT2D eigenvalue weighted by molar-refractivity contribution is 6.02. The monoisotopic (exact) mass is 277 g/mol. The first-order chi connectivity index (χ1) is 10.2. The average molecular weight is 277 g/mol. The summed E-state index contributed by atoms with van der Waals surface area (Å²) in [5, 5.41) is 3.90. The Balaban J connectivity index is 2.11. The maximum atomic E-state index is 11.5. The van der Waals surface area contributed by atoms with Crippen LogP contribution < -0.4 is 5.32 Å². The normalized spacial score (nSPS) is 10.5. The molecule has 0 spiro atoms. The summed E-state index contributed by atoms with van der Waals surface area (Å²) in [6.07, 6.45) is 5.00. The number of hydrogen-bond donors (Lipinski definition) is 2. The zero-order chi connectivity index (χ0) is 14.8. The third kappa shape index (κ3) is 2.43. The van der Waals surface area contributed by atoms with Crippen molar-refractivity contribution >= 4 is 22.6 Å². The van der Waals surface area contributed by atoms with Crippen LogP contribution in [0.5, 0.6) is 0 Å². The number of anilines is 1. The Morgan fingerprint density at radius 3 is 3.00 bits per heavy atom. The summed E-state index contributed by atoms with van der Waals surface area (Å²) in [5.41, 5.74) is 4.65. The molecule has 3 rings (SSSR count). The van der Waals surface area contributed by atoms with Gasteiger partial charge in [-0.1, -0.05) is 24.8 Å². The van der Waals surface area contributed by atoms with Crippen LogP contribution in [0.25, 0.3) is 22.2 Å². The van der Waals surface area contributed by atoms with E-state index in [1.807, 2.05) is 37.4 Å². The van der Waals surface area contributed by atoms with Gasteiger partial charge >= 0.3 is 0 Å². The molecular weight excluding hydrogens is 262 g/mol. The average Bonchev–Trinajstić information content (AvgIpc) is 2.88. The maximum absolute atomic E-state index is 11.5. The van der Waals surface area contributed by atoms with Gasteiger partial charge in [-0.15, -0.1) is 0 Å². The number of fused-ring (bicyclic) bond motifs is 1. The van der Waals surface area contributed by atoms with Gasteiger partial charge in [0.1, 0.15) is 5.65 Å². The molecular formula is C17H15N3O. The molecule has 0 bridgehead atoms. The van der Waals surface area contributed by atoms with Crippen molar-refractivity contribution in [1.82, 2.24) is 9.97 Å². The van der Waals surface area contributed by atoms with Gasteiger partial charge in [0.05, 0.1) is 0 Å². The number of pyridine rings is 1. The van der Waals surface area contributed by atoms with Crippen LogP contribution >= 0.6 is 0 Å². The first kappa shape index (κ1) is 13.1. The second-order valence-electron chi connectivity index (χ2n) is 4.83. The van der Waals surface area contributed by atoms with Gasteiger partial charge in [-0.3, -0.25) is 4.79 Å². The Labute approximate surface area is 122 Å². The Kier molecular flexibility index (Phi) is 3.28. The lowest BCUT2D eigenvalue weighted by Gasteiger charge is -2.10. The van der Waals surface area contributed by atoms with Crippen molar-refractivity contribution < 1.29 is 4.79 Å². The van der Waals surface area contributed by atoms with E-state index in [9.17, 15) is 4.79 Å². The van der Waals surface area contributed by atoms with Crippen LogP contribution in [-0.4, -0.2) is 15.9 Å². The standard InChI is InChI=1S/C17H15N3O/c1-3-16(21)20-15-7-5-4-6-13(15)12-8-14-11(2)9-18-17(14)19-10-12/h3-10H,1H2,2H3,(H,18,19)(H,20,21). The molecule has 4 heteroatoms. The van der Waals surface area contributed by atoms with Gasteiger partial charge < -0.3 is 10.3 Å². The minimum Gasteiger partial charge on any atom is -0.346 e. The second-order valence-corrected chi connectivity index (χ2v) is 4.83. The van der Waals surface area contributed by atoms with Crippen molar-refractivity contribution in [3.05, 3.63) is 60.9 Å². The summed E-state index contributed by atoms with van der Waals surface area (Å²) in [6.45, 7) is 5.51. The first-order valence-corrected chi connectivity index (χ1v) is 6.65. The lowest BCUT2D eigenvalue weighted by atomic mass is 10.0. The van der Waals surface area contributed by atoms with Gasteiger partial charge in [0.25, 0.3) is 0 Å². The van der Waals surface area contributed by atoms with Crippen molar-refractivity contribution in [3.63, 3.8) is 0 Å². The molecule has 104 valence electrons. The molecule has 0 unspecified atom stereocenters. The molecule has 0 fully saturated rings. The number of amides is 1. The van der Waals surface area contributed by atoms with Crippen LogP contribution in [0.4, 0.5) is 5.69 Å². The number of carbonyl (C=O) groups excluding carboxylic acids is 1. The van der Waals surface area contributed by atoms with Gasteiger partial charge in [0.15, 0.2) is 0 Å². The Hall–Kier alpha value is -2.88. The first-order valence-electron chi connectivity index (χ1n) is 6.65. The molecule has 3 aromatic rings. The van der Waals surface area contributed by atoms with Gasteiger partial charge in [-0.05, 0) is 30.7 Å². The summed E-state index contributed by atoms with van der Waals surface area (Å²) >= 11 is 0. The fourth-order valence-corrected chi connectivity index (χ4v) is 2.31. The summed E-state index contributed by atoms with van der Waals surface area (Å²) in [6, 6.07) is 9.73. The van der Waals surface area contributed by atoms with Crippen LogP contribution in [0.2, 0.25) is 0 Å². The van der Waals surface area contributed by atoms with Crippen molar-refractivity contribution in [2.24, 2.45) is 0 Å². The number of nitrogens with one attached hydrogen (secondary N) is 2. The number of aromatic amines is 1. The van der Waals surface area contributed by atoms with Crippen LogP contribution in [0, 0.1) is 6.92 Å². The maximum Gasteiger partial charge on any atom is 0.247 e. The van der Waals surface area contributed by atoms with Crippen molar-refractivity contribution in [1.29, 1.82) is 0 Å². The Bertz CT molecular complexity index is 833. The van der Waals surface area contributed by atoms with Crippen LogP contribution in [0.3, 0.4) is 0 Å². The van der Waals surface area contributed by atoms with Crippen molar-refractivity contribution in [2.75, 3.05) is 5.32 Å². The van der Waals surface area contributed by atoms with E-state index < -0.39 is 0 Å². The molecule has 0 aliphatic rings.